The summed E-state index contributed by atoms with van der Waals surface area (Å²) in [7, 11) is 0. The van der Waals surface area contributed by atoms with Crippen molar-refractivity contribution in [3.63, 3.8) is 0 Å². The molecule has 3 aromatic rings. The molecule has 3 rings (SSSR count). The van der Waals surface area contributed by atoms with Gasteiger partial charge in [-0.1, -0.05) is 26.0 Å². The molecule has 2 heteroatoms. The first kappa shape index (κ1) is 12.4. The minimum Gasteiger partial charge on any atom is -0.289 e. The second kappa shape index (κ2) is 4.46. The van der Waals surface area contributed by atoms with Crippen LogP contribution in [-0.4, -0.2) is 0 Å². The summed E-state index contributed by atoms with van der Waals surface area (Å²) in [4.78, 5) is 12.6. The van der Waals surface area contributed by atoms with Gasteiger partial charge in [-0.15, -0.1) is 11.3 Å². The van der Waals surface area contributed by atoms with E-state index in [9.17, 15) is 4.79 Å². The molecule has 96 valence electrons. The van der Waals surface area contributed by atoms with Gasteiger partial charge in [-0.05, 0) is 48.2 Å². The first-order valence-corrected chi connectivity index (χ1v) is 7.35. The van der Waals surface area contributed by atoms with Gasteiger partial charge in [-0.2, -0.15) is 0 Å². The molecule has 0 atom stereocenters. The first-order valence-electron chi connectivity index (χ1n) is 6.54. The fourth-order valence-corrected chi connectivity index (χ4v) is 3.74. The summed E-state index contributed by atoms with van der Waals surface area (Å²) in [6.45, 7) is 6.47. The van der Waals surface area contributed by atoms with Crippen LogP contribution in [-0.2, 0) is 0 Å². The number of hydrogen-bond acceptors (Lipinski definition) is 2. The summed E-state index contributed by atoms with van der Waals surface area (Å²) in [6, 6.07) is 12.1. The molecule has 0 aliphatic rings. The van der Waals surface area contributed by atoms with Crippen LogP contribution in [0, 0.1) is 6.92 Å². The zero-order chi connectivity index (χ0) is 13.6. The SMILES string of the molecule is Cc1cc2sc3ccccc3c(=O)c2cc1C(C)C. The topological polar surface area (TPSA) is 17.1 Å². The number of fused-ring (bicyclic) bond motifs is 2. The average molecular weight is 268 g/mol. The van der Waals surface area contributed by atoms with Gasteiger partial charge in [0.2, 0.25) is 0 Å². The first-order chi connectivity index (χ1) is 9.08. The van der Waals surface area contributed by atoms with E-state index in [1.807, 2.05) is 24.3 Å². The van der Waals surface area contributed by atoms with Gasteiger partial charge in [0.25, 0.3) is 0 Å². The maximum atomic E-state index is 12.6. The second-order valence-corrected chi connectivity index (χ2v) is 6.37. The van der Waals surface area contributed by atoms with Gasteiger partial charge in [-0.25, -0.2) is 0 Å². The average Bonchev–Trinajstić information content (AvgIpc) is 2.38. The van der Waals surface area contributed by atoms with E-state index in [4.69, 9.17) is 0 Å². The number of benzene rings is 2. The normalized spacial score (nSPS) is 11.6. The van der Waals surface area contributed by atoms with Crippen molar-refractivity contribution in [2.45, 2.75) is 26.7 Å². The van der Waals surface area contributed by atoms with E-state index in [2.05, 4.69) is 32.9 Å². The molecule has 0 saturated heterocycles. The molecule has 19 heavy (non-hydrogen) atoms. The summed E-state index contributed by atoms with van der Waals surface area (Å²) >= 11 is 1.70. The predicted octanol–water partition coefficient (Wildman–Crippen LogP) is 4.85. The van der Waals surface area contributed by atoms with Crippen molar-refractivity contribution in [1.29, 1.82) is 0 Å². The lowest BCUT2D eigenvalue weighted by Gasteiger charge is -2.11. The summed E-state index contributed by atoms with van der Waals surface area (Å²) in [6.07, 6.45) is 0. The van der Waals surface area contributed by atoms with E-state index < -0.39 is 0 Å². The van der Waals surface area contributed by atoms with Crippen LogP contribution in [0.2, 0.25) is 0 Å². The van der Waals surface area contributed by atoms with Crippen molar-refractivity contribution >= 4 is 31.5 Å². The molecular weight excluding hydrogens is 252 g/mol. The Bertz CT molecular complexity index is 828. The molecular formula is C17H16OS. The Morgan fingerprint density at radius 3 is 2.47 bits per heavy atom. The highest BCUT2D eigenvalue weighted by atomic mass is 32.1. The van der Waals surface area contributed by atoms with Crippen molar-refractivity contribution in [3.05, 3.63) is 57.7 Å². The fraction of sp³-hybridized carbons (Fsp3) is 0.235. The smallest absolute Gasteiger partial charge is 0.195 e. The number of aryl methyl sites for hydroxylation is 1. The molecule has 2 aromatic carbocycles. The molecule has 0 bridgehead atoms. The number of hydrogen-bond donors (Lipinski definition) is 0. The third kappa shape index (κ3) is 1.96. The molecule has 0 aliphatic carbocycles. The lowest BCUT2D eigenvalue weighted by Crippen LogP contribution is -2.03. The van der Waals surface area contributed by atoms with E-state index in [-0.39, 0.29) is 5.43 Å². The van der Waals surface area contributed by atoms with Gasteiger partial charge >= 0.3 is 0 Å². The van der Waals surface area contributed by atoms with Crippen LogP contribution in [0.25, 0.3) is 20.2 Å². The Morgan fingerprint density at radius 2 is 1.74 bits per heavy atom. The highest BCUT2D eigenvalue weighted by Crippen LogP contribution is 2.29. The summed E-state index contributed by atoms with van der Waals surface area (Å²) in [5.74, 6) is 0.445. The van der Waals surface area contributed by atoms with Crippen LogP contribution in [0.4, 0.5) is 0 Å². The van der Waals surface area contributed by atoms with E-state index >= 15 is 0 Å². The van der Waals surface area contributed by atoms with E-state index in [0.717, 1.165) is 20.2 Å². The Balaban J connectivity index is 2.49. The summed E-state index contributed by atoms with van der Waals surface area (Å²) < 4.78 is 2.15. The maximum Gasteiger partial charge on any atom is 0.195 e. The quantitative estimate of drug-likeness (QED) is 0.577. The van der Waals surface area contributed by atoms with Gasteiger partial charge in [0, 0.05) is 20.2 Å². The summed E-state index contributed by atoms with van der Waals surface area (Å²) in [5.41, 5.74) is 2.70. The van der Waals surface area contributed by atoms with Crippen LogP contribution >= 0.6 is 11.3 Å². The van der Waals surface area contributed by atoms with E-state index in [1.165, 1.54) is 11.1 Å². The standard InChI is InChI=1S/C17H16OS/c1-10(2)13-9-14-16(8-11(13)3)19-15-7-5-4-6-12(15)17(14)18/h4-10H,1-3H3. The predicted molar refractivity (Wildman–Crippen MR) is 84.4 cm³/mol. The Morgan fingerprint density at radius 1 is 1.00 bits per heavy atom. The van der Waals surface area contributed by atoms with Crippen LogP contribution < -0.4 is 5.43 Å². The Kier molecular flexibility index (Phi) is 2.90. The molecule has 1 heterocycles. The van der Waals surface area contributed by atoms with Crippen LogP contribution in [0.5, 0.6) is 0 Å². The number of rotatable bonds is 1. The third-order valence-corrected chi connectivity index (χ3v) is 4.72. The highest BCUT2D eigenvalue weighted by Gasteiger charge is 2.10. The van der Waals surface area contributed by atoms with Crippen LogP contribution in [0.1, 0.15) is 30.9 Å². The van der Waals surface area contributed by atoms with Gasteiger partial charge in [-0.3, -0.25) is 4.79 Å². The van der Waals surface area contributed by atoms with Crippen molar-refractivity contribution in [2.75, 3.05) is 0 Å². The maximum absolute atomic E-state index is 12.6. The van der Waals surface area contributed by atoms with Gasteiger partial charge in [0.1, 0.15) is 0 Å². The zero-order valence-electron chi connectivity index (χ0n) is 11.4. The molecule has 0 amide bonds. The van der Waals surface area contributed by atoms with E-state index in [0.29, 0.717) is 5.92 Å². The van der Waals surface area contributed by atoms with Gasteiger partial charge in [0.15, 0.2) is 5.43 Å². The monoisotopic (exact) mass is 268 g/mol. The lowest BCUT2D eigenvalue weighted by atomic mass is 9.96. The molecule has 0 spiro atoms. The zero-order valence-corrected chi connectivity index (χ0v) is 12.2. The molecule has 0 radical (unpaired) electrons. The van der Waals surface area contributed by atoms with Crippen LogP contribution in [0.15, 0.2) is 41.2 Å². The van der Waals surface area contributed by atoms with Gasteiger partial charge in [0.05, 0.1) is 0 Å². The summed E-state index contributed by atoms with van der Waals surface area (Å²) in [5, 5.41) is 1.69. The Labute approximate surface area is 116 Å². The molecule has 0 saturated carbocycles. The van der Waals surface area contributed by atoms with Crippen molar-refractivity contribution in [1.82, 2.24) is 0 Å². The van der Waals surface area contributed by atoms with Gasteiger partial charge < -0.3 is 0 Å². The molecule has 0 aliphatic heterocycles. The van der Waals surface area contributed by atoms with Crippen molar-refractivity contribution in [3.8, 4) is 0 Å². The highest BCUT2D eigenvalue weighted by molar-refractivity contribution is 7.24. The minimum atomic E-state index is 0.159. The van der Waals surface area contributed by atoms with E-state index in [1.54, 1.807) is 11.3 Å². The second-order valence-electron chi connectivity index (χ2n) is 5.29. The molecule has 1 nitrogen and oxygen atoms in total. The van der Waals surface area contributed by atoms with Crippen LogP contribution in [0.3, 0.4) is 0 Å². The third-order valence-electron chi connectivity index (χ3n) is 3.59. The fourth-order valence-electron chi connectivity index (χ4n) is 2.59. The minimum absolute atomic E-state index is 0.159. The molecule has 0 fully saturated rings. The lowest BCUT2D eigenvalue weighted by molar-refractivity contribution is 0.859. The van der Waals surface area contributed by atoms with Crippen molar-refractivity contribution in [2.24, 2.45) is 0 Å². The molecule has 0 N–H and O–H groups in total. The Hall–Kier alpha value is -1.67. The largest absolute Gasteiger partial charge is 0.289 e. The molecule has 0 unspecified atom stereocenters. The van der Waals surface area contributed by atoms with Crippen molar-refractivity contribution < 1.29 is 0 Å². The molecule has 1 aromatic heterocycles.